The van der Waals surface area contributed by atoms with Crippen LogP contribution in [0.3, 0.4) is 0 Å². The topological polar surface area (TPSA) is 21.3 Å². The summed E-state index contributed by atoms with van der Waals surface area (Å²) < 4.78 is 5.68. The predicted octanol–water partition coefficient (Wildman–Crippen LogP) is 4.15. The lowest BCUT2D eigenvalue weighted by atomic mass is 9.66. The first kappa shape index (κ1) is 16.5. The van der Waals surface area contributed by atoms with Crippen LogP contribution in [0.2, 0.25) is 0 Å². The van der Waals surface area contributed by atoms with Crippen LogP contribution in [0.25, 0.3) is 0 Å². The van der Waals surface area contributed by atoms with Gasteiger partial charge in [-0.25, -0.2) is 0 Å². The highest BCUT2D eigenvalue weighted by molar-refractivity contribution is 5.28. The van der Waals surface area contributed by atoms with Gasteiger partial charge >= 0.3 is 0 Å². The van der Waals surface area contributed by atoms with Gasteiger partial charge in [0.15, 0.2) is 0 Å². The van der Waals surface area contributed by atoms with Crippen LogP contribution in [0.5, 0.6) is 0 Å². The molecule has 0 spiro atoms. The highest BCUT2D eigenvalue weighted by Gasteiger charge is 2.41. The van der Waals surface area contributed by atoms with Crippen LogP contribution in [0.15, 0.2) is 30.3 Å². The normalized spacial score (nSPS) is 19.6. The SMILES string of the molecule is CCCNC(CC(C)C)C1(c2ccccc2)CCOCC1. The Bertz CT molecular complexity index is 395. The summed E-state index contributed by atoms with van der Waals surface area (Å²) in [6.07, 6.45) is 4.68. The van der Waals surface area contributed by atoms with Crippen molar-refractivity contribution in [1.82, 2.24) is 5.32 Å². The first-order chi connectivity index (χ1) is 10.2. The molecule has 0 aromatic heterocycles. The molecule has 0 bridgehead atoms. The van der Waals surface area contributed by atoms with Crippen LogP contribution in [-0.4, -0.2) is 25.8 Å². The maximum absolute atomic E-state index is 5.68. The quantitative estimate of drug-likeness (QED) is 0.814. The van der Waals surface area contributed by atoms with E-state index in [0.29, 0.717) is 12.0 Å². The van der Waals surface area contributed by atoms with Crippen LogP contribution < -0.4 is 5.32 Å². The number of nitrogens with one attached hydrogen (secondary N) is 1. The third-order valence-electron chi connectivity index (χ3n) is 4.75. The molecule has 2 heteroatoms. The van der Waals surface area contributed by atoms with Crippen molar-refractivity contribution in [3.05, 3.63) is 35.9 Å². The Morgan fingerprint density at radius 1 is 1.14 bits per heavy atom. The molecule has 2 nitrogen and oxygen atoms in total. The lowest BCUT2D eigenvalue weighted by molar-refractivity contribution is 0.0309. The van der Waals surface area contributed by atoms with E-state index in [1.54, 1.807) is 0 Å². The van der Waals surface area contributed by atoms with Crippen LogP contribution in [0, 0.1) is 5.92 Å². The molecule has 1 aliphatic rings. The van der Waals surface area contributed by atoms with Crippen molar-refractivity contribution >= 4 is 0 Å². The van der Waals surface area contributed by atoms with Crippen LogP contribution in [0.4, 0.5) is 0 Å². The second-order valence-electron chi connectivity index (χ2n) is 6.77. The zero-order valence-corrected chi connectivity index (χ0v) is 13.9. The van der Waals surface area contributed by atoms with E-state index < -0.39 is 0 Å². The standard InChI is InChI=1S/C19H31NO/c1-4-12-20-18(15-16(2)3)19(10-13-21-14-11-19)17-8-6-5-7-9-17/h5-9,16,18,20H,4,10-15H2,1-3H3. The highest BCUT2D eigenvalue weighted by Crippen LogP contribution is 2.40. The number of hydrogen-bond acceptors (Lipinski definition) is 2. The molecule has 1 heterocycles. The van der Waals surface area contributed by atoms with E-state index in [2.05, 4.69) is 56.4 Å². The van der Waals surface area contributed by atoms with Crippen molar-refractivity contribution in [3.63, 3.8) is 0 Å². The summed E-state index contributed by atoms with van der Waals surface area (Å²) in [6, 6.07) is 11.6. The van der Waals surface area contributed by atoms with E-state index in [9.17, 15) is 0 Å². The number of hydrogen-bond donors (Lipinski definition) is 1. The zero-order chi connectivity index (χ0) is 15.1. The van der Waals surface area contributed by atoms with E-state index in [-0.39, 0.29) is 5.41 Å². The van der Waals surface area contributed by atoms with Crippen molar-refractivity contribution in [1.29, 1.82) is 0 Å². The minimum Gasteiger partial charge on any atom is -0.381 e. The molecule has 1 fully saturated rings. The number of ether oxygens (including phenoxy) is 1. The summed E-state index contributed by atoms with van der Waals surface area (Å²) in [5.74, 6) is 0.711. The van der Waals surface area contributed by atoms with Crippen molar-refractivity contribution in [2.75, 3.05) is 19.8 Å². The van der Waals surface area contributed by atoms with Gasteiger partial charge in [-0.15, -0.1) is 0 Å². The predicted molar refractivity (Wildman–Crippen MR) is 89.7 cm³/mol. The fourth-order valence-corrected chi connectivity index (χ4v) is 3.64. The molecule has 0 radical (unpaired) electrons. The summed E-state index contributed by atoms with van der Waals surface area (Å²) in [5.41, 5.74) is 1.72. The Kier molecular flexibility index (Phi) is 6.25. The lowest BCUT2D eigenvalue weighted by Crippen LogP contribution is -2.52. The molecule has 1 saturated heterocycles. The Labute approximate surface area is 130 Å². The second kappa shape index (κ2) is 7.95. The largest absolute Gasteiger partial charge is 0.381 e. The second-order valence-corrected chi connectivity index (χ2v) is 6.77. The molecule has 1 atom stereocenters. The summed E-state index contributed by atoms with van der Waals surface area (Å²) in [5, 5.41) is 3.85. The fraction of sp³-hybridized carbons (Fsp3) is 0.684. The molecule has 0 amide bonds. The van der Waals surface area contributed by atoms with Gasteiger partial charge in [0.25, 0.3) is 0 Å². The molecule has 0 aliphatic carbocycles. The van der Waals surface area contributed by atoms with Gasteiger partial charge in [0.05, 0.1) is 0 Å². The van der Waals surface area contributed by atoms with E-state index in [0.717, 1.165) is 32.6 Å². The van der Waals surface area contributed by atoms with Crippen molar-refractivity contribution in [3.8, 4) is 0 Å². The number of benzene rings is 1. The van der Waals surface area contributed by atoms with E-state index in [4.69, 9.17) is 4.74 Å². The molecule has 118 valence electrons. The monoisotopic (exact) mass is 289 g/mol. The number of rotatable bonds is 7. The molecule has 0 saturated carbocycles. The lowest BCUT2D eigenvalue weighted by Gasteiger charge is -2.45. The van der Waals surface area contributed by atoms with E-state index >= 15 is 0 Å². The summed E-state index contributed by atoms with van der Waals surface area (Å²) >= 11 is 0. The van der Waals surface area contributed by atoms with Crippen molar-refractivity contribution < 1.29 is 4.74 Å². The zero-order valence-electron chi connectivity index (χ0n) is 13.9. The van der Waals surface area contributed by atoms with Gasteiger partial charge < -0.3 is 10.1 Å². The summed E-state index contributed by atoms with van der Waals surface area (Å²) in [7, 11) is 0. The molecule has 2 rings (SSSR count). The van der Waals surface area contributed by atoms with E-state index in [1.807, 2.05) is 0 Å². The summed E-state index contributed by atoms with van der Waals surface area (Å²) in [6.45, 7) is 9.79. The molecule has 21 heavy (non-hydrogen) atoms. The maximum atomic E-state index is 5.68. The minimum atomic E-state index is 0.235. The average Bonchev–Trinajstić information content (AvgIpc) is 2.52. The van der Waals surface area contributed by atoms with Gasteiger partial charge in [-0.3, -0.25) is 0 Å². The Balaban J connectivity index is 2.31. The Morgan fingerprint density at radius 3 is 2.38 bits per heavy atom. The van der Waals surface area contributed by atoms with Crippen LogP contribution in [0.1, 0.15) is 52.0 Å². The molecule has 1 aromatic carbocycles. The minimum absolute atomic E-state index is 0.235. The van der Waals surface area contributed by atoms with Crippen LogP contribution in [-0.2, 0) is 10.2 Å². The molecule has 1 N–H and O–H groups in total. The van der Waals surface area contributed by atoms with Gasteiger partial charge in [-0.2, -0.15) is 0 Å². The molecular weight excluding hydrogens is 258 g/mol. The third-order valence-corrected chi connectivity index (χ3v) is 4.75. The fourth-order valence-electron chi connectivity index (χ4n) is 3.64. The molecular formula is C19H31NO. The maximum Gasteiger partial charge on any atom is 0.0475 e. The van der Waals surface area contributed by atoms with Gasteiger partial charge in [0.2, 0.25) is 0 Å². The van der Waals surface area contributed by atoms with E-state index in [1.165, 1.54) is 18.4 Å². The highest BCUT2D eigenvalue weighted by atomic mass is 16.5. The first-order valence-corrected chi connectivity index (χ1v) is 8.55. The Hall–Kier alpha value is -0.860. The van der Waals surface area contributed by atoms with Gasteiger partial charge in [-0.1, -0.05) is 51.1 Å². The van der Waals surface area contributed by atoms with Crippen LogP contribution >= 0.6 is 0 Å². The summed E-state index contributed by atoms with van der Waals surface area (Å²) in [4.78, 5) is 0. The van der Waals surface area contributed by atoms with Gasteiger partial charge in [0.1, 0.15) is 0 Å². The van der Waals surface area contributed by atoms with Crippen molar-refractivity contribution in [2.45, 2.75) is 57.9 Å². The Morgan fingerprint density at radius 2 is 1.81 bits per heavy atom. The molecule has 1 unspecified atom stereocenters. The van der Waals surface area contributed by atoms with Gasteiger partial charge in [0, 0.05) is 24.7 Å². The smallest absolute Gasteiger partial charge is 0.0475 e. The first-order valence-electron chi connectivity index (χ1n) is 8.55. The molecule has 1 aliphatic heterocycles. The third kappa shape index (κ3) is 4.08. The van der Waals surface area contributed by atoms with Gasteiger partial charge in [-0.05, 0) is 43.7 Å². The molecule has 1 aromatic rings. The average molecular weight is 289 g/mol. The van der Waals surface area contributed by atoms with Crippen molar-refractivity contribution in [2.24, 2.45) is 5.92 Å².